The summed E-state index contributed by atoms with van der Waals surface area (Å²) in [5, 5.41) is 9.10. The van der Waals surface area contributed by atoms with Crippen LogP contribution >= 0.6 is 11.3 Å². The number of thiophene rings is 1. The molecule has 146 valence electrons. The number of aliphatic carboxylic acids is 1. The molecule has 2 aliphatic heterocycles. The fourth-order valence-corrected chi connectivity index (χ4v) is 4.24. The van der Waals surface area contributed by atoms with E-state index < -0.39 is 12.1 Å². The van der Waals surface area contributed by atoms with E-state index in [2.05, 4.69) is 11.9 Å². The normalized spacial score (nSPS) is 20.4. The van der Waals surface area contributed by atoms with Gasteiger partial charge in [0.15, 0.2) is 0 Å². The maximum absolute atomic E-state index is 12.3. The molecule has 1 amide bonds. The van der Waals surface area contributed by atoms with Crippen LogP contribution in [0.25, 0.3) is 0 Å². The second-order valence-corrected chi connectivity index (χ2v) is 7.62. The first-order chi connectivity index (χ1) is 12.2. The highest BCUT2D eigenvalue weighted by molar-refractivity contribution is 7.12. The highest BCUT2D eigenvalue weighted by Crippen LogP contribution is 2.36. The zero-order chi connectivity index (χ0) is 19.4. The van der Waals surface area contributed by atoms with Gasteiger partial charge in [-0.3, -0.25) is 4.79 Å². The van der Waals surface area contributed by atoms with Crippen molar-refractivity contribution in [3.8, 4) is 0 Å². The first kappa shape index (κ1) is 20.7. The number of piperidine rings is 2. The summed E-state index contributed by atoms with van der Waals surface area (Å²) in [7, 11) is 2.26. The summed E-state index contributed by atoms with van der Waals surface area (Å²) in [6, 6.07) is 3.89. The number of carbonyl (C=O) groups excluding carboxylic acids is 1. The number of alkyl halides is 3. The van der Waals surface area contributed by atoms with Gasteiger partial charge in [0.25, 0.3) is 5.91 Å². The van der Waals surface area contributed by atoms with Crippen molar-refractivity contribution in [1.29, 1.82) is 0 Å². The fourth-order valence-electron chi connectivity index (χ4n) is 3.54. The summed E-state index contributed by atoms with van der Waals surface area (Å²) in [5.74, 6) is -2.53. The van der Waals surface area contributed by atoms with Gasteiger partial charge in [-0.2, -0.15) is 13.2 Å². The maximum atomic E-state index is 12.3. The third kappa shape index (κ3) is 4.97. The molecule has 2 saturated heterocycles. The van der Waals surface area contributed by atoms with Crippen LogP contribution in [-0.4, -0.2) is 65.2 Å². The van der Waals surface area contributed by atoms with Crippen molar-refractivity contribution >= 4 is 23.2 Å². The molecule has 2 aliphatic rings. The fraction of sp³-hybridized carbons (Fsp3) is 0.647. The summed E-state index contributed by atoms with van der Waals surface area (Å²) in [4.78, 5) is 26.7. The molecule has 1 aromatic heterocycles. The van der Waals surface area contributed by atoms with Crippen LogP contribution in [0.5, 0.6) is 0 Å². The molecule has 3 heterocycles. The van der Waals surface area contributed by atoms with Crippen molar-refractivity contribution in [3.05, 3.63) is 22.4 Å². The van der Waals surface area contributed by atoms with Crippen LogP contribution in [0.1, 0.15) is 41.8 Å². The number of hydrogen-bond acceptors (Lipinski definition) is 4. The van der Waals surface area contributed by atoms with Crippen LogP contribution in [0.4, 0.5) is 13.2 Å². The van der Waals surface area contributed by atoms with Gasteiger partial charge in [-0.25, -0.2) is 4.79 Å². The maximum Gasteiger partial charge on any atom is 0.490 e. The molecule has 0 aliphatic carbocycles. The standard InChI is InChI=1S/C15H22N2OS.C2HF3O2/c1-16-9-3-2-6-15(16)7-10-17(11-8-15)14(18)13-5-4-12-19-13;3-2(4,5)1(6)7/h4-5,12H,2-3,6-11H2,1H3;(H,6,7). The molecular formula is C17H23F3N2O3S. The highest BCUT2D eigenvalue weighted by Gasteiger charge is 2.40. The summed E-state index contributed by atoms with van der Waals surface area (Å²) in [6.07, 6.45) is 1.19. The second-order valence-electron chi connectivity index (χ2n) is 6.68. The number of nitrogens with zero attached hydrogens (tertiary/aromatic N) is 2. The Bertz CT molecular complexity index is 611. The van der Waals surface area contributed by atoms with Crippen molar-refractivity contribution in [3.63, 3.8) is 0 Å². The lowest BCUT2D eigenvalue weighted by molar-refractivity contribution is -0.192. The molecule has 0 bridgehead atoms. The van der Waals surface area contributed by atoms with Gasteiger partial charge in [-0.05, 0) is 50.7 Å². The second kappa shape index (κ2) is 8.39. The largest absolute Gasteiger partial charge is 0.490 e. The van der Waals surface area contributed by atoms with Crippen LogP contribution < -0.4 is 0 Å². The number of carboxylic acid groups (broad SMARTS) is 1. The summed E-state index contributed by atoms with van der Waals surface area (Å²) >= 11 is 1.55. The minimum atomic E-state index is -5.08. The van der Waals surface area contributed by atoms with Crippen molar-refractivity contribution in [2.45, 2.75) is 43.8 Å². The number of halogens is 3. The van der Waals surface area contributed by atoms with Gasteiger partial charge in [0, 0.05) is 18.6 Å². The SMILES string of the molecule is CN1CCCCC12CCN(C(=O)c1cccs1)CC2.O=C(O)C(F)(F)F. The van der Waals surface area contributed by atoms with Gasteiger partial charge < -0.3 is 14.9 Å². The topological polar surface area (TPSA) is 60.9 Å². The summed E-state index contributed by atoms with van der Waals surface area (Å²) < 4.78 is 31.7. The average molecular weight is 392 g/mol. The van der Waals surface area contributed by atoms with Crippen LogP contribution in [-0.2, 0) is 4.79 Å². The molecule has 0 atom stereocenters. The van der Waals surface area contributed by atoms with Gasteiger partial charge >= 0.3 is 12.1 Å². The molecule has 0 saturated carbocycles. The molecular weight excluding hydrogens is 369 g/mol. The monoisotopic (exact) mass is 392 g/mol. The quantitative estimate of drug-likeness (QED) is 0.795. The predicted octanol–water partition coefficient (Wildman–Crippen LogP) is 3.47. The van der Waals surface area contributed by atoms with Crippen LogP contribution in [0.2, 0.25) is 0 Å². The Hall–Kier alpha value is -1.61. The third-order valence-electron chi connectivity index (χ3n) is 5.15. The lowest BCUT2D eigenvalue weighted by Gasteiger charge is -2.50. The smallest absolute Gasteiger partial charge is 0.475 e. The van der Waals surface area contributed by atoms with E-state index in [1.165, 1.54) is 25.8 Å². The van der Waals surface area contributed by atoms with E-state index in [0.29, 0.717) is 5.54 Å². The van der Waals surface area contributed by atoms with Crippen LogP contribution in [0, 0.1) is 0 Å². The highest BCUT2D eigenvalue weighted by atomic mass is 32.1. The van der Waals surface area contributed by atoms with Crippen molar-refractivity contribution in [2.24, 2.45) is 0 Å². The van der Waals surface area contributed by atoms with Crippen LogP contribution in [0.15, 0.2) is 17.5 Å². The van der Waals surface area contributed by atoms with E-state index >= 15 is 0 Å². The Balaban J connectivity index is 0.000000298. The Morgan fingerprint density at radius 1 is 1.15 bits per heavy atom. The molecule has 5 nitrogen and oxygen atoms in total. The van der Waals surface area contributed by atoms with E-state index in [4.69, 9.17) is 9.90 Å². The number of amides is 1. The lowest BCUT2D eigenvalue weighted by Crippen LogP contribution is -2.56. The number of carbonyl (C=O) groups is 2. The van der Waals surface area contributed by atoms with Gasteiger partial charge in [-0.1, -0.05) is 12.5 Å². The average Bonchev–Trinajstić information content (AvgIpc) is 3.12. The van der Waals surface area contributed by atoms with Crippen LogP contribution in [0.3, 0.4) is 0 Å². The number of hydrogen-bond donors (Lipinski definition) is 1. The number of carboxylic acids is 1. The first-order valence-electron chi connectivity index (χ1n) is 8.50. The molecule has 9 heteroatoms. The summed E-state index contributed by atoms with van der Waals surface area (Å²) in [6.45, 7) is 3.06. The molecule has 3 rings (SSSR count). The summed E-state index contributed by atoms with van der Waals surface area (Å²) in [5.41, 5.74) is 0.379. The Labute approximate surface area is 154 Å². The van der Waals surface area contributed by atoms with Crippen molar-refractivity contribution < 1.29 is 27.9 Å². The molecule has 1 aromatic rings. The molecule has 0 radical (unpaired) electrons. The Morgan fingerprint density at radius 2 is 1.77 bits per heavy atom. The lowest BCUT2D eigenvalue weighted by atomic mass is 9.79. The van der Waals surface area contributed by atoms with Gasteiger partial charge in [0.05, 0.1) is 4.88 Å². The Morgan fingerprint density at radius 3 is 2.23 bits per heavy atom. The van der Waals surface area contributed by atoms with E-state index in [0.717, 1.165) is 30.8 Å². The molecule has 0 unspecified atom stereocenters. The zero-order valence-corrected chi connectivity index (χ0v) is 15.4. The molecule has 0 aromatic carbocycles. The van der Waals surface area contributed by atoms with E-state index in [1.807, 2.05) is 22.4 Å². The third-order valence-corrected chi connectivity index (χ3v) is 6.01. The molecule has 1 spiro atoms. The van der Waals surface area contributed by atoms with Crippen molar-refractivity contribution in [2.75, 3.05) is 26.7 Å². The van der Waals surface area contributed by atoms with Crippen molar-refractivity contribution in [1.82, 2.24) is 9.80 Å². The molecule has 1 N–H and O–H groups in total. The zero-order valence-electron chi connectivity index (χ0n) is 14.6. The van der Waals surface area contributed by atoms with Gasteiger partial charge in [0.1, 0.15) is 0 Å². The number of rotatable bonds is 1. The van der Waals surface area contributed by atoms with E-state index in [-0.39, 0.29) is 5.91 Å². The van der Waals surface area contributed by atoms with Gasteiger partial charge in [0.2, 0.25) is 0 Å². The molecule has 26 heavy (non-hydrogen) atoms. The first-order valence-corrected chi connectivity index (χ1v) is 9.38. The number of likely N-dealkylation sites (tertiary alicyclic amines) is 2. The van der Waals surface area contributed by atoms with E-state index in [9.17, 15) is 18.0 Å². The Kier molecular flexibility index (Phi) is 6.68. The van der Waals surface area contributed by atoms with Gasteiger partial charge in [-0.15, -0.1) is 11.3 Å². The minimum absolute atomic E-state index is 0.225. The minimum Gasteiger partial charge on any atom is -0.475 e. The molecule has 2 fully saturated rings. The van der Waals surface area contributed by atoms with E-state index in [1.54, 1.807) is 11.3 Å². The predicted molar refractivity (Wildman–Crippen MR) is 92.4 cm³/mol.